The topological polar surface area (TPSA) is 81.6 Å². The highest BCUT2D eigenvalue weighted by molar-refractivity contribution is 5.88. The Bertz CT molecular complexity index is 608. The molecule has 7 nitrogen and oxygen atoms in total. The van der Waals surface area contributed by atoms with Crippen LogP contribution in [0, 0.1) is 11.3 Å². The Morgan fingerprint density at radius 1 is 1.12 bits per heavy atom. The first-order valence-electron chi connectivity index (χ1n) is 9.31. The van der Waals surface area contributed by atoms with E-state index in [0.717, 1.165) is 25.1 Å². The number of nitrogens with zero attached hydrogens (tertiary/aromatic N) is 3. The van der Waals surface area contributed by atoms with Crippen molar-refractivity contribution >= 4 is 12.1 Å². The Labute approximate surface area is 155 Å². The molecular formula is C19H29N3O4. The quantitative estimate of drug-likeness (QED) is 0.723. The molecule has 1 amide bonds. The molecule has 1 saturated heterocycles. The Kier molecular flexibility index (Phi) is 6.94. The van der Waals surface area contributed by atoms with Crippen molar-refractivity contribution in [3.63, 3.8) is 0 Å². The largest absolute Gasteiger partial charge is 0.462 e. The van der Waals surface area contributed by atoms with Gasteiger partial charge in [0.05, 0.1) is 18.8 Å². The molecule has 1 fully saturated rings. The summed E-state index contributed by atoms with van der Waals surface area (Å²) >= 11 is 0. The number of esters is 1. The van der Waals surface area contributed by atoms with Crippen molar-refractivity contribution in [3.05, 3.63) is 23.8 Å². The van der Waals surface area contributed by atoms with Crippen molar-refractivity contribution in [3.8, 4) is 0 Å². The molecule has 0 N–H and O–H groups in total. The zero-order valence-corrected chi connectivity index (χ0v) is 16.2. The average molecular weight is 363 g/mol. The first kappa shape index (κ1) is 20.1. The second kappa shape index (κ2) is 8.96. The third-order valence-corrected chi connectivity index (χ3v) is 5.24. The lowest BCUT2D eigenvalue weighted by molar-refractivity contribution is 0.0451. The number of piperidine rings is 1. The van der Waals surface area contributed by atoms with E-state index < -0.39 is 5.97 Å². The summed E-state index contributed by atoms with van der Waals surface area (Å²) in [5, 5.41) is 0. The maximum absolute atomic E-state index is 11.9. The van der Waals surface area contributed by atoms with Crippen molar-refractivity contribution in [2.45, 2.75) is 47.0 Å². The molecule has 0 unspecified atom stereocenters. The Balaban J connectivity index is 2.05. The first-order chi connectivity index (χ1) is 12.4. The number of likely N-dealkylation sites (tertiary alicyclic amines) is 1. The van der Waals surface area contributed by atoms with Crippen molar-refractivity contribution in [1.82, 2.24) is 14.9 Å². The number of aromatic nitrogens is 2. The number of carbonyl (C=O) groups excluding carboxylic acids is 2. The normalized spacial score (nSPS) is 16.4. The van der Waals surface area contributed by atoms with Gasteiger partial charge in [-0.3, -0.25) is 0 Å². The van der Waals surface area contributed by atoms with E-state index in [1.54, 1.807) is 11.8 Å². The van der Waals surface area contributed by atoms with E-state index in [1.165, 1.54) is 12.4 Å². The van der Waals surface area contributed by atoms with Gasteiger partial charge in [-0.05, 0) is 38.0 Å². The number of ether oxygens (including phenoxy) is 2. The predicted octanol–water partition coefficient (Wildman–Crippen LogP) is 3.09. The highest BCUT2D eigenvalue weighted by Gasteiger charge is 2.39. The van der Waals surface area contributed by atoms with Crippen LogP contribution in [-0.2, 0) is 15.9 Å². The zero-order valence-electron chi connectivity index (χ0n) is 16.2. The third kappa shape index (κ3) is 4.71. The minimum atomic E-state index is -0.402. The highest BCUT2D eigenvalue weighted by atomic mass is 16.6. The summed E-state index contributed by atoms with van der Waals surface area (Å²) in [6, 6.07) is 0. The minimum absolute atomic E-state index is 0.0361. The Hall–Kier alpha value is -2.18. The lowest BCUT2D eigenvalue weighted by Gasteiger charge is -2.44. The molecule has 2 heterocycles. The van der Waals surface area contributed by atoms with Crippen LogP contribution in [0.5, 0.6) is 0 Å². The fourth-order valence-electron chi connectivity index (χ4n) is 3.39. The van der Waals surface area contributed by atoms with Crippen molar-refractivity contribution in [2.24, 2.45) is 11.3 Å². The molecule has 144 valence electrons. The summed E-state index contributed by atoms with van der Waals surface area (Å²) in [6.07, 6.45) is 5.31. The summed E-state index contributed by atoms with van der Waals surface area (Å²) in [4.78, 5) is 34.2. The van der Waals surface area contributed by atoms with Gasteiger partial charge in [-0.1, -0.05) is 13.8 Å². The molecule has 0 aromatic carbocycles. The van der Waals surface area contributed by atoms with E-state index in [4.69, 9.17) is 9.47 Å². The maximum atomic E-state index is 11.9. The lowest BCUT2D eigenvalue weighted by Crippen LogP contribution is -2.46. The van der Waals surface area contributed by atoms with Gasteiger partial charge < -0.3 is 14.4 Å². The van der Waals surface area contributed by atoms with Crippen molar-refractivity contribution in [2.75, 3.05) is 26.3 Å². The third-order valence-electron chi connectivity index (χ3n) is 5.24. The van der Waals surface area contributed by atoms with Gasteiger partial charge in [0, 0.05) is 31.9 Å². The minimum Gasteiger partial charge on any atom is -0.462 e. The van der Waals surface area contributed by atoms with Crippen LogP contribution >= 0.6 is 0 Å². The van der Waals surface area contributed by atoms with E-state index in [0.29, 0.717) is 37.8 Å². The van der Waals surface area contributed by atoms with Crippen LogP contribution in [0.4, 0.5) is 4.79 Å². The number of carbonyl (C=O) groups is 2. The van der Waals surface area contributed by atoms with E-state index in [-0.39, 0.29) is 11.5 Å². The molecular weight excluding hydrogens is 334 g/mol. The summed E-state index contributed by atoms with van der Waals surface area (Å²) in [5.41, 5.74) is 0.403. The van der Waals surface area contributed by atoms with E-state index >= 15 is 0 Å². The molecule has 1 aromatic heterocycles. The van der Waals surface area contributed by atoms with Gasteiger partial charge in [-0.2, -0.15) is 0 Å². The van der Waals surface area contributed by atoms with Gasteiger partial charge in [-0.25, -0.2) is 19.6 Å². The molecule has 26 heavy (non-hydrogen) atoms. The van der Waals surface area contributed by atoms with E-state index in [1.807, 2.05) is 6.92 Å². The van der Waals surface area contributed by atoms with Crippen LogP contribution in [0.25, 0.3) is 0 Å². The number of hydrogen-bond acceptors (Lipinski definition) is 6. The first-order valence-corrected chi connectivity index (χ1v) is 9.31. The average Bonchev–Trinajstić information content (AvgIpc) is 2.63. The Morgan fingerprint density at radius 2 is 1.69 bits per heavy atom. The molecule has 1 aromatic rings. The molecule has 0 radical (unpaired) electrons. The standard InChI is InChI=1S/C19H29N3O4/c1-5-25-17(23)15-12-20-16(21-13-15)11-19(14(3)4)7-9-22(10-8-19)18(24)26-6-2/h12-14H,5-11H2,1-4H3. The van der Waals surface area contributed by atoms with Gasteiger partial charge in [-0.15, -0.1) is 0 Å². The fraction of sp³-hybridized carbons (Fsp3) is 0.684. The molecule has 0 saturated carbocycles. The SMILES string of the molecule is CCOC(=O)c1cnc(CC2(C(C)C)CCN(C(=O)OCC)CC2)nc1. The summed E-state index contributed by atoms with van der Waals surface area (Å²) < 4.78 is 10.1. The van der Waals surface area contributed by atoms with Gasteiger partial charge in [0.2, 0.25) is 0 Å². The molecule has 0 spiro atoms. The second-order valence-corrected chi connectivity index (χ2v) is 6.99. The number of amides is 1. The number of rotatable bonds is 6. The van der Waals surface area contributed by atoms with Crippen LogP contribution in [0.3, 0.4) is 0 Å². The van der Waals surface area contributed by atoms with Crippen molar-refractivity contribution in [1.29, 1.82) is 0 Å². The van der Waals surface area contributed by atoms with Gasteiger partial charge >= 0.3 is 12.1 Å². The van der Waals surface area contributed by atoms with Gasteiger partial charge in [0.15, 0.2) is 0 Å². The fourth-order valence-corrected chi connectivity index (χ4v) is 3.39. The predicted molar refractivity (Wildman–Crippen MR) is 96.8 cm³/mol. The molecule has 0 atom stereocenters. The highest BCUT2D eigenvalue weighted by Crippen LogP contribution is 2.41. The molecule has 0 aliphatic carbocycles. The number of hydrogen-bond donors (Lipinski definition) is 0. The summed E-state index contributed by atoms with van der Waals surface area (Å²) in [6.45, 7) is 10.1. The van der Waals surface area contributed by atoms with Crippen LogP contribution in [0.15, 0.2) is 12.4 Å². The molecule has 2 rings (SSSR count). The molecule has 1 aliphatic heterocycles. The molecule has 7 heteroatoms. The van der Waals surface area contributed by atoms with Crippen LogP contribution in [-0.4, -0.2) is 53.2 Å². The monoisotopic (exact) mass is 363 g/mol. The van der Waals surface area contributed by atoms with Crippen LogP contribution in [0.2, 0.25) is 0 Å². The van der Waals surface area contributed by atoms with Crippen LogP contribution in [0.1, 0.15) is 56.7 Å². The summed E-state index contributed by atoms with van der Waals surface area (Å²) in [7, 11) is 0. The van der Waals surface area contributed by atoms with Crippen LogP contribution < -0.4 is 0 Å². The molecule has 0 bridgehead atoms. The van der Waals surface area contributed by atoms with Gasteiger partial charge in [0.25, 0.3) is 0 Å². The Morgan fingerprint density at radius 3 is 2.19 bits per heavy atom. The maximum Gasteiger partial charge on any atom is 0.409 e. The molecule has 1 aliphatic rings. The zero-order chi connectivity index (χ0) is 19.2. The lowest BCUT2D eigenvalue weighted by atomic mass is 9.67. The summed E-state index contributed by atoms with van der Waals surface area (Å²) in [5.74, 6) is 0.747. The van der Waals surface area contributed by atoms with Crippen molar-refractivity contribution < 1.29 is 19.1 Å². The second-order valence-electron chi connectivity index (χ2n) is 6.99. The van der Waals surface area contributed by atoms with Gasteiger partial charge in [0.1, 0.15) is 5.82 Å². The smallest absolute Gasteiger partial charge is 0.409 e. The van der Waals surface area contributed by atoms with E-state index in [2.05, 4.69) is 23.8 Å². The van der Waals surface area contributed by atoms with E-state index in [9.17, 15) is 9.59 Å².